The van der Waals surface area contributed by atoms with Gasteiger partial charge in [0.05, 0.1) is 6.10 Å². The van der Waals surface area contributed by atoms with Crippen molar-refractivity contribution in [3.8, 4) is 0 Å². The molecule has 2 atom stereocenters. The molecule has 1 aliphatic heterocycles. The maximum Gasteiger partial charge on any atom is 0.0576 e. The lowest BCUT2D eigenvalue weighted by Gasteiger charge is -2.20. The van der Waals surface area contributed by atoms with E-state index < -0.39 is 0 Å². The maximum absolute atomic E-state index is 5.73. The van der Waals surface area contributed by atoms with Gasteiger partial charge < -0.3 is 10.1 Å². The van der Waals surface area contributed by atoms with Crippen molar-refractivity contribution in [3.63, 3.8) is 0 Å². The molecule has 3 heteroatoms. The van der Waals surface area contributed by atoms with Crippen LogP contribution in [-0.2, 0) is 4.74 Å². The lowest BCUT2D eigenvalue weighted by molar-refractivity contribution is 0.0996. The topological polar surface area (TPSA) is 21.3 Å². The highest BCUT2D eigenvalue weighted by atomic mass is 32.1. The Morgan fingerprint density at radius 2 is 2.44 bits per heavy atom. The lowest BCUT2D eigenvalue weighted by atomic mass is 10.00. The zero-order chi connectivity index (χ0) is 12.8. The van der Waals surface area contributed by atoms with Crippen molar-refractivity contribution in [1.82, 2.24) is 5.32 Å². The van der Waals surface area contributed by atoms with Crippen molar-refractivity contribution >= 4 is 11.3 Å². The Kier molecular flexibility index (Phi) is 5.67. The molecule has 2 nitrogen and oxygen atoms in total. The molecular weight excluding hydrogens is 242 g/mol. The van der Waals surface area contributed by atoms with Gasteiger partial charge in [0, 0.05) is 17.5 Å². The van der Waals surface area contributed by atoms with Gasteiger partial charge in [0.2, 0.25) is 0 Å². The van der Waals surface area contributed by atoms with Crippen molar-refractivity contribution < 1.29 is 4.74 Å². The minimum Gasteiger partial charge on any atom is -0.378 e. The minimum absolute atomic E-state index is 0.509. The second-order valence-corrected chi connectivity index (χ2v) is 6.27. The summed E-state index contributed by atoms with van der Waals surface area (Å²) in [5, 5.41) is 5.89. The van der Waals surface area contributed by atoms with E-state index in [2.05, 4.69) is 30.6 Å². The number of hydrogen-bond donors (Lipinski definition) is 1. The predicted molar refractivity (Wildman–Crippen MR) is 78.3 cm³/mol. The largest absolute Gasteiger partial charge is 0.378 e. The van der Waals surface area contributed by atoms with Gasteiger partial charge in [-0.25, -0.2) is 0 Å². The number of nitrogens with one attached hydrogen (secondary N) is 1. The molecule has 0 spiro atoms. The van der Waals surface area contributed by atoms with Crippen molar-refractivity contribution in [2.75, 3.05) is 13.2 Å². The van der Waals surface area contributed by atoms with E-state index in [4.69, 9.17) is 4.74 Å². The highest BCUT2D eigenvalue weighted by molar-refractivity contribution is 7.10. The van der Waals surface area contributed by atoms with Gasteiger partial charge in [0.15, 0.2) is 0 Å². The maximum atomic E-state index is 5.73. The zero-order valence-electron chi connectivity index (χ0n) is 11.6. The molecule has 2 unspecified atom stereocenters. The van der Waals surface area contributed by atoms with Gasteiger partial charge in [-0.2, -0.15) is 0 Å². The van der Waals surface area contributed by atoms with Crippen LogP contribution in [0.2, 0.25) is 0 Å². The summed E-state index contributed by atoms with van der Waals surface area (Å²) < 4.78 is 5.73. The summed E-state index contributed by atoms with van der Waals surface area (Å²) in [6.07, 6.45) is 6.59. The quantitative estimate of drug-likeness (QED) is 0.804. The van der Waals surface area contributed by atoms with E-state index in [1.165, 1.54) is 42.5 Å². The smallest absolute Gasteiger partial charge is 0.0576 e. The van der Waals surface area contributed by atoms with Gasteiger partial charge in [-0.3, -0.25) is 0 Å². The van der Waals surface area contributed by atoms with Crippen LogP contribution in [0.15, 0.2) is 11.4 Å². The first-order valence-electron chi connectivity index (χ1n) is 7.20. The summed E-state index contributed by atoms with van der Waals surface area (Å²) >= 11 is 1.85. The Hall–Kier alpha value is -0.380. The summed E-state index contributed by atoms with van der Waals surface area (Å²) in [6.45, 7) is 6.53. The van der Waals surface area contributed by atoms with Crippen molar-refractivity contribution in [1.29, 1.82) is 0 Å². The second kappa shape index (κ2) is 7.27. The molecular formula is C15H25NOS. The molecule has 1 aliphatic rings. The fraction of sp³-hybridized carbons (Fsp3) is 0.733. The number of rotatable bonds is 7. The molecule has 0 saturated carbocycles. The molecule has 0 aliphatic carbocycles. The summed E-state index contributed by atoms with van der Waals surface area (Å²) in [7, 11) is 0. The molecule has 0 amide bonds. The third-order valence-corrected chi connectivity index (χ3v) is 4.58. The van der Waals surface area contributed by atoms with Crippen LogP contribution >= 0.6 is 11.3 Å². The van der Waals surface area contributed by atoms with Crippen LogP contribution < -0.4 is 5.32 Å². The van der Waals surface area contributed by atoms with E-state index in [1.54, 1.807) is 0 Å². The average Bonchev–Trinajstić information content (AvgIpc) is 3.01. The van der Waals surface area contributed by atoms with Crippen LogP contribution in [0.4, 0.5) is 0 Å². The van der Waals surface area contributed by atoms with E-state index >= 15 is 0 Å². The molecule has 1 aromatic rings. The Balaban J connectivity index is 1.90. The molecule has 1 aromatic heterocycles. The summed E-state index contributed by atoms with van der Waals surface area (Å²) in [5.41, 5.74) is 1.49. The van der Waals surface area contributed by atoms with Gasteiger partial charge in [0.25, 0.3) is 0 Å². The summed E-state index contributed by atoms with van der Waals surface area (Å²) in [4.78, 5) is 1.45. The molecule has 1 N–H and O–H groups in total. The number of aryl methyl sites for hydroxylation is 1. The SMILES string of the molecule is CCCNC(CCC1CCCO1)c1ccsc1C. The van der Waals surface area contributed by atoms with E-state index in [0.29, 0.717) is 12.1 Å². The highest BCUT2D eigenvalue weighted by Crippen LogP contribution is 2.28. The molecule has 18 heavy (non-hydrogen) atoms. The number of ether oxygens (including phenoxy) is 1. The second-order valence-electron chi connectivity index (χ2n) is 5.15. The van der Waals surface area contributed by atoms with Gasteiger partial charge in [-0.05, 0) is 62.6 Å². The van der Waals surface area contributed by atoms with E-state index in [9.17, 15) is 0 Å². The molecule has 1 fully saturated rings. The first-order chi connectivity index (χ1) is 8.81. The van der Waals surface area contributed by atoms with Crippen LogP contribution in [0.3, 0.4) is 0 Å². The normalized spacial score (nSPS) is 21.3. The molecule has 102 valence electrons. The van der Waals surface area contributed by atoms with Crippen LogP contribution in [-0.4, -0.2) is 19.3 Å². The Bertz CT molecular complexity index is 344. The minimum atomic E-state index is 0.509. The van der Waals surface area contributed by atoms with E-state index in [-0.39, 0.29) is 0 Å². The molecule has 2 heterocycles. The third-order valence-electron chi connectivity index (χ3n) is 3.72. The van der Waals surface area contributed by atoms with E-state index in [1.807, 2.05) is 11.3 Å². The number of thiophene rings is 1. The monoisotopic (exact) mass is 267 g/mol. The van der Waals surface area contributed by atoms with Crippen molar-refractivity contribution in [2.24, 2.45) is 0 Å². The number of hydrogen-bond acceptors (Lipinski definition) is 3. The molecule has 0 aromatic carbocycles. The molecule has 0 bridgehead atoms. The Morgan fingerprint density at radius 3 is 3.06 bits per heavy atom. The average molecular weight is 267 g/mol. The summed E-state index contributed by atoms with van der Waals surface area (Å²) in [5.74, 6) is 0. The van der Waals surface area contributed by atoms with E-state index in [0.717, 1.165) is 13.2 Å². The fourth-order valence-corrected chi connectivity index (χ4v) is 3.43. The first kappa shape index (κ1) is 14.0. The summed E-state index contributed by atoms with van der Waals surface area (Å²) in [6, 6.07) is 2.79. The third kappa shape index (κ3) is 3.81. The fourth-order valence-electron chi connectivity index (χ4n) is 2.67. The van der Waals surface area contributed by atoms with Crippen LogP contribution in [0.5, 0.6) is 0 Å². The van der Waals surface area contributed by atoms with Crippen molar-refractivity contribution in [2.45, 2.75) is 58.1 Å². The molecule has 0 radical (unpaired) electrons. The Morgan fingerprint density at radius 1 is 1.56 bits per heavy atom. The molecule has 1 saturated heterocycles. The first-order valence-corrected chi connectivity index (χ1v) is 8.08. The van der Waals surface area contributed by atoms with Crippen LogP contribution in [0.1, 0.15) is 55.5 Å². The standard InChI is InChI=1S/C15H25NOS/c1-3-9-16-15(14-8-11-18-12(14)2)7-6-13-5-4-10-17-13/h8,11,13,15-16H,3-7,9-10H2,1-2H3. The lowest BCUT2D eigenvalue weighted by Crippen LogP contribution is -2.23. The van der Waals surface area contributed by atoms with Gasteiger partial charge in [0.1, 0.15) is 0 Å². The zero-order valence-corrected chi connectivity index (χ0v) is 12.4. The van der Waals surface area contributed by atoms with Crippen LogP contribution in [0.25, 0.3) is 0 Å². The van der Waals surface area contributed by atoms with Gasteiger partial charge in [-0.1, -0.05) is 6.92 Å². The van der Waals surface area contributed by atoms with Gasteiger partial charge in [-0.15, -0.1) is 11.3 Å². The highest BCUT2D eigenvalue weighted by Gasteiger charge is 2.19. The Labute approximate surface area is 115 Å². The van der Waals surface area contributed by atoms with Gasteiger partial charge >= 0.3 is 0 Å². The molecule has 2 rings (SSSR count). The van der Waals surface area contributed by atoms with Crippen molar-refractivity contribution in [3.05, 3.63) is 21.9 Å². The van der Waals surface area contributed by atoms with Crippen LogP contribution in [0, 0.1) is 6.92 Å². The predicted octanol–water partition coefficient (Wildman–Crippen LogP) is 4.06.